The average Bonchev–Trinajstić information content (AvgIpc) is 3.16. The van der Waals surface area contributed by atoms with Gasteiger partial charge in [0, 0.05) is 12.0 Å². The van der Waals surface area contributed by atoms with Crippen molar-refractivity contribution < 1.29 is 27.5 Å². The molecular weight excluding hydrogens is 539 g/mol. The minimum Gasteiger partial charge on any atom is -0.443 e. The molecule has 42 heavy (non-hydrogen) atoms. The first-order valence-corrected chi connectivity index (χ1v) is 13.8. The number of amides is 2. The summed E-state index contributed by atoms with van der Waals surface area (Å²) >= 11 is 0. The Morgan fingerprint density at radius 1 is 0.905 bits per heavy atom. The minimum absolute atomic E-state index is 0.0493. The van der Waals surface area contributed by atoms with Gasteiger partial charge in [-0.3, -0.25) is 4.79 Å². The minimum atomic E-state index is -4.61. The molecule has 2 amide bonds. The fourth-order valence-corrected chi connectivity index (χ4v) is 5.75. The van der Waals surface area contributed by atoms with E-state index < -0.39 is 35.1 Å². The van der Waals surface area contributed by atoms with E-state index in [0.717, 1.165) is 32.9 Å². The molecule has 1 aliphatic heterocycles. The second kappa shape index (κ2) is 10.8. The molecule has 0 aliphatic carbocycles. The van der Waals surface area contributed by atoms with Crippen molar-refractivity contribution >= 4 is 28.5 Å². The summed E-state index contributed by atoms with van der Waals surface area (Å²) in [7, 11) is 0. The molecule has 0 fully saturated rings. The monoisotopic (exact) mass is 571 g/mol. The van der Waals surface area contributed by atoms with Crippen molar-refractivity contribution in [2.75, 3.05) is 4.90 Å². The fraction of sp³-hybridized carbons (Fsp3) is 0.257. The van der Waals surface area contributed by atoms with Gasteiger partial charge in [0.15, 0.2) is 0 Å². The normalized spacial score (nSPS) is 18.0. The largest absolute Gasteiger partial charge is 0.443 e. The summed E-state index contributed by atoms with van der Waals surface area (Å²) in [5.74, 6) is -1.70. The maximum absolute atomic E-state index is 14.8. The maximum atomic E-state index is 14.8. The number of fused-ring (bicyclic) bond motifs is 2. The molecule has 0 aromatic heterocycles. The summed E-state index contributed by atoms with van der Waals surface area (Å²) in [5.41, 5.74) is 0.475. The van der Waals surface area contributed by atoms with Crippen molar-refractivity contribution in [1.29, 1.82) is 0 Å². The molecule has 7 heteroatoms. The van der Waals surface area contributed by atoms with Crippen molar-refractivity contribution in [2.24, 2.45) is 0 Å². The van der Waals surface area contributed by atoms with Gasteiger partial charge in [0.25, 0.3) is 0 Å². The van der Waals surface area contributed by atoms with Crippen LogP contribution < -0.4 is 4.90 Å². The molecule has 216 valence electrons. The SMILES string of the molecule is Cc1ccc(C(/C=C/C(F)(F)F)C2(Cc3ccc4ccccc4c3)C(=O)N(C(=O)OC(C)(C)C)c3ccccc32)cc1. The van der Waals surface area contributed by atoms with Crippen molar-refractivity contribution in [3.05, 3.63) is 125 Å². The molecule has 1 aliphatic rings. The van der Waals surface area contributed by atoms with Crippen LogP contribution in [0.15, 0.2) is 103 Å². The van der Waals surface area contributed by atoms with E-state index in [1.165, 1.54) is 0 Å². The molecule has 2 unspecified atom stereocenters. The Labute approximate surface area is 243 Å². The van der Waals surface area contributed by atoms with Crippen LogP contribution in [-0.4, -0.2) is 23.8 Å². The van der Waals surface area contributed by atoms with Crippen molar-refractivity contribution in [3.8, 4) is 0 Å². The van der Waals surface area contributed by atoms with Crippen molar-refractivity contribution in [3.63, 3.8) is 0 Å². The molecular formula is C35H32F3NO3. The van der Waals surface area contributed by atoms with Gasteiger partial charge in [-0.05, 0) is 67.6 Å². The first-order chi connectivity index (χ1) is 19.8. The lowest BCUT2D eigenvalue weighted by molar-refractivity contribution is -0.123. The lowest BCUT2D eigenvalue weighted by Gasteiger charge is -2.36. The highest BCUT2D eigenvalue weighted by atomic mass is 19.4. The Balaban J connectivity index is 1.78. The molecule has 1 heterocycles. The number of halogens is 3. The Morgan fingerprint density at radius 3 is 2.21 bits per heavy atom. The molecule has 0 bridgehead atoms. The summed E-state index contributed by atoms with van der Waals surface area (Å²) in [6.45, 7) is 6.97. The molecule has 4 aromatic rings. The smallest absolute Gasteiger partial charge is 0.421 e. The van der Waals surface area contributed by atoms with Crippen LogP contribution >= 0.6 is 0 Å². The number of aryl methyl sites for hydroxylation is 1. The Bertz CT molecular complexity index is 1670. The molecule has 0 radical (unpaired) electrons. The van der Waals surface area contributed by atoms with Crippen LogP contribution in [0, 0.1) is 6.92 Å². The second-order valence-corrected chi connectivity index (χ2v) is 11.8. The van der Waals surface area contributed by atoms with E-state index in [4.69, 9.17) is 4.74 Å². The Kier molecular flexibility index (Phi) is 7.48. The van der Waals surface area contributed by atoms with Gasteiger partial charge >= 0.3 is 12.3 Å². The summed E-state index contributed by atoms with van der Waals surface area (Å²) in [6, 6.07) is 27.4. The molecule has 0 N–H and O–H groups in total. The number of hydrogen-bond donors (Lipinski definition) is 0. The van der Waals surface area contributed by atoms with Gasteiger partial charge in [0.1, 0.15) is 5.60 Å². The van der Waals surface area contributed by atoms with Crippen LogP contribution in [0.2, 0.25) is 0 Å². The van der Waals surface area contributed by atoms with E-state index in [1.54, 1.807) is 57.2 Å². The van der Waals surface area contributed by atoms with Crippen LogP contribution in [0.1, 0.15) is 48.9 Å². The quantitative estimate of drug-likeness (QED) is 0.225. The average molecular weight is 572 g/mol. The Hall–Kier alpha value is -4.39. The van der Waals surface area contributed by atoms with E-state index >= 15 is 0 Å². The standard InChI is InChI=1S/C35H32F3NO3/c1-23-13-16-26(17-14-23)28(19-20-35(36,37)38)34(22-24-15-18-25-9-5-6-10-27(25)21-24)29-11-7-8-12-30(29)39(31(34)40)32(41)42-33(2,3)4/h5-21,28H,22H2,1-4H3/b20-19+. The van der Waals surface area contributed by atoms with Crippen molar-refractivity contribution in [1.82, 2.24) is 0 Å². The zero-order chi connectivity index (χ0) is 30.3. The van der Waals surface area contributed by atoms with Crippen LogP contribution in [0.4, 0.5) is 23.7 Å². The summed E-state index contributed by atoms with van der Waals surface area (Å²) < 4.78 is 46.8. The number of benzene rings is 4. The first kappa shape index (κ1) is 29.1. The third-order valence-electron chi connectivity index (χ3n) is 7.53. The number of carbonyl (C=O) groups excluding carboxylic acids is 2. The highest BCUT2D eigenvalue weighted by Gasteiger charge is 2.57. The number of anilines is 1. The summed E-state index contributed by atoms with van der Waals surface area (Å²) in [4.78, 5) is 29.3. The first-order valence-electron chi connectivity index (χ1n) is 13.8. The Morgan fingerprint density at radius 2 is 1.55 bits per heavy atom. The van der Waals surface area contributed by atoms with Crippen LogP contribution in [0.3, 0.4) is 0 Å². The number of ether oxygens (including phenoxy) is 1. The van der Waals surface area contributed by atoms with Crippen LogP contribution in [0.25, 0.3) is 10.8 Å². The zero-order valence-electron chi connectivity index (χ0n) is 23.9. The predicted octanol–water partition coefficient (Wildman–Crippen LogP) is 8.81. The predicted molar refractivity (Wildman–Crippen MR) is 159 cm³/mol. The lowest BCUT2D eigenvalue weighted by Crippen LogP contribution is -2.49. The molecule has 4 aromatic carbocycles. The number of hydrogen-bond acceptors (Lipinski definition) is 3. The van der Waals surface area contributed by atoms with Gasteiger partial charge in [0.05, 0.1) is 11.1 Å². The maximum Gasteiger partial charge on any atom is 0.421 e. The summed E-state index contributed by atoms with van der Waals surface area (Å²) in [5, 5.41) is 1.93. The molecule has 0 saturated carbocycles. The van der Waals surface area contributed by atoms with Gasteiger partial charge in [-0.25, -0.2) is 9.69 Å². The van der Waals surface area contributed by atoms with E-state index in [2.05, 4.69) is 0 Å². The van der Waals surface area contributed by atoms with Crippen molar-refractivity contribution in [2.45, 2.75) is 57.2 Å². The van der Waals surface area contributed by atoms with Crippen LogP contribution in [-0.2, 0) is 21.4 Å². The highest BCUT2D eigenvalue weighted by molar-refractivity contribution is 6.21. The molecule has 2 atom stereocenters. The topological polar surface area (TPSA) is 46.6 Å². The molecule has 0 saturated heterocycles. The lowest BCUT2D eigenvalue weighted by atomic mass is 9.64. The fourth-order valence-electron chi connectivity index (χ4n) is 5.75. The van der Waals surface area contributed by atoms with Gasteiger partial charge < -0.3 is 4.74 Å². The van der Waals surface area contributed by atoms with Gasteiger partial charge in [0.2, 0.25) is 5.91 Å². The molecule has 5 rings (SSSR count). The number of para-hydroxylation sites is 1. The third-order valence-corrected chi connectivity index (χ3v) is 7.53. The van der Waals surface area contributed by atoms with E-state index in [0.29, 0.717) is 16.8 Å². The third kappa shape index (κ3) is 5.69. The van der Waals surface area contributed by atoms with E-state index in [-0.39, 0.29) is 12.5 Å². The number of imide groups is 1. The van der Waals surface area contributed by atoms with Gasteiger partial charge in [-0.2, -0.15) is 13.2 Å². The number of rotatable bonds is 5. The zero-order valence-corrected chi connectivity index (χ0v) is 23.9. The molecule has 0 spiro atoms. The van der Waals surface area contributed by atoms with Crippen LogP contribution in [0.5, 0.6) is 0 Å². The number of allylic oxidation sites excluding steroid dienone is 2. The number of carbonyl (C=O) groups is 2. The van der Waals surface area contributed by atoms with Gasteiger partial charge in [-0.15, -0.1) is 0 Å². The summed E-state index contributed by atoms with van der Waals surface area (Å²) in [6.07, 6.45) is -4.19. The highest BCUT2D eigenvalue weighted by Crippen LogP contribution is 2.53. The van der Waals surface area contributed by atoms with Gasteiger partial charge in [-0.1, -0.05) is 96.6 Å². The second-order valence-electron chi connectivity index (χ2n) is 11.8. The van der Waals surface area contributed by atoms with E-state index in [9.17, 15) is 22.8 Å². The number of alkyl halides is 3. The number of nitrogens with zero attached hydrogens (tertiary/aromatic N) is 1. The van der Waals surface area contributed by atoms with E-state index in [1.807, 2.05) is 61.5 Å². The molecule has 4 nitrogen and oxygen atoms in total.